The molecule has 0 aromatic heterocycles. The fourth-order valence-corrected chi connectivity index (χ4v) is 3.68. The highest BCUT2D eigenvalue weighted by Gasteiger charge is 2.40. The van der Waals surface area contributed by atoms with Gasteiger partial charge in [0.25, 0.3) is 0 Å². The molecule has 0 spiro atoms. The molecule has 122 valence electrons. The van der Waals surface area contributed by atoms with Crippen LogP contribution >= 0.6 is 0 Å². The number of aliphatic hydroxyl groups is 3. The molecule has 0 bridgehead atoms. The minimum Gasteiger partial charge on any atom is -0.396 e. The molecule has 2 saturated heterocycles. The molecule has 2 rings (SSSR count). The van der Waals surface area contributed by atoms with Gasteiger partial charge >= 0.3 is 0 Å². The van der Waals surface area contributed by atoms with Crippen molar-refractivity contribution in [2.24, 2.45) is 5.92 Å². The number of hydrogen-bond donors (Lipinski definition) is 3. The second-order valence-electron chi connectivity index (χ2n) is 6.19. The zero-order chi connectivity index (χ0) is 15.2. The molecule has 6 nitrogen and oxygen atoms in total. The average Bonchev–Trinajstić information content (AvgIpc) is 2.51. The van der Waals surface area contributed by atoms with E-state index in [9.17, 15) is 15.0 Å². The number of piperidine rings is 2. The summed E-state index contributed by atoms with van der Waals surface area (Å²) >= 11 is 0. The van der Waals surface area contributed by atoms with E-state index in [1.165, 1.54) is 0 Å². The normalized spacial score (nSPS) is 27.2. The van der Waals surface area contributed by atoms with E-state index in [0.29, 0.717) is 18.4 Å². The molecule has 0 unspecified atom stereocenters. The Hall–Kier alpha value is -0.690. The lowest BCUT2D eigenvalue weighted by molar-refractivity contribution is -0.142. The van der Waals surface area contributed by atoms with Crippen molar-refractivity contribution in [2.45, 2.75) is 44.2 Å². The smallest absolute Gasteiger partial charge is 0.222 e. The lowest BCUT2D eigenvalue weighted by atomic mass is 9.83. The summed E-state index contributed by atoms with van der Waals surface area (Å²) in [4.78, 5) is 16.3. The Balaban J connectivity index is 1.94. The third-order valence-electron chi connectivity index (χ3n) is 4.92. The van der Waals surface area contributed by atoms with Crippen molar-refractivity contribution in [1.29, 1.82) is 0 Å². The number of carbonyl (C=O) groups excluding carboxylic acids is 1. The Morgan fingerprint density at radius 3 is 2.57 bits per heavy atom. The van der Waals surface area contributed by atoms with Crippen LogP contribution in [-0.4, -0.2) is 82.6 Å². The van der Waals surface area contributed by atoms with Gasteiger partial charge in [-0.3, -0.25) is 9.69 Å². The molecule has 6 heteroatoms. The molecular formula is C15H28N2O4. The Labute approximate surface area is 126 Å². The fourth-order valence-electron chi connectivity index (χ4n) is 3.68. The summed E-state index contributed by atoms with van der Waals surface area (Å²) in [6, 6.07) is 0.116. The van der Waals surface area contributed by atoms with Crippen LogP contribution < -0.4 is 0 Å². The van der Waals surface area contributed by atoms with Crippen molar-refractivity contribution in [1.82, 2.24) is 9.80 Å². The first-order valence-corrected chi connectivity index (χ1v) is 8.07. The average molecular weight is 300 g/mol. The molecule has 0 aromatic rings. The maximum atomic E-state index is 12.1. The molecule has 0 radical (unpaired) electrons. The Morgan fingerprint density at radius 1 is 1.14 bits per heavy atom. The number of rotatable bonds is 7. The largest absolute Gasteiger partial charge is 0.396 e. The molecule has 2 heterocycles. The molecule has 2 fully saturated rings. The monoisotopic (exact) mass is 300 g/mol. The molecule has 2 aliphatic rings. The number of fused-ring (bicyclic) bond motifs is 1. The van der Waals surface area contributed by atoms with E-state index in [0.717, 1.165) is 45.3 Å². The number of likely N-dealkylation sites (tertiary alicyclic amines) is 2. The third kappa shape index (κ3) is 3.94. The molecule has 3 N–H and O–H groups in total. The second kappa shape index (κ2) is 8.08. The van der Waals surface area contributed by atoms with Crippen LogP contribution in [0, 0.1) is 5.92 Å². The van der Waals surface area contributed by atoms with Crippen molar-refractivity contribution in [3.63, 3.8) is 0 Å². The summed E-state index contributed by atoms with van der Waals surface area (Å²) in [6.45, 7) is 2.54. The molecule has 0 aromatic carbocycles. The zero-order valence-electron chi connectivity index (χ0n) is 12.7. The molecule has 0 aliphatic carbocycles. The first-order chi connectivity index (χ1) is 10.2. The van der Waals surface area contributed by atoms with Gasteiger partial charge in [0.1, 0.15) is 0 Å². The predicted molar refractivity (Wildman–Crippen MR) is 78.7 cm³/mol. The van der Waals surface area contributed by atoms with Crippen LogP contribution in [0.2, 0.25) is 0 Å². The maximum absolute atomic E-state index is 12.1. The van der Waals surface area contributed by atoms with Crippen molar-refractivity contribution >= 4 is 5.91 Å². The number of nitrogens with zero attached hydrogens (tertiary/aromatic N) is 2. The summed E-state index contributed by atoms with van der Waals surface area (Å²) in [6.07, 6.45) is 4.00. The molecule has 1 amide bonds. The number of hydrogen-bond acceptors (Lipinski definition) is 5. The second-order valence-corrected chi connectivity index (χ2v) is 6.19. The van der Waals surface area contributed by atoms with Gasteiger partial charge in [0.15, 0.2) is 0 Å². The lowest BCUT2D eigenvalue weighted by Crippen LogP contribution is -2.58. The first kappa shape index (κ1) is 16.7. The van der Waals surface area contributed by atoms with Gasteiger partial charge in [0.2, 0.25) is 5.91 Å². The van der Waals surface area contributed by atoms with E-state index in [1.54, 1.807) is 0 Å². The van der Waals surface area contributed by atoms with Gasteiger partial charge in [-0.05, 0) is 31.6 Å². The van der Waals surface area contributed by atoms with E-state index >= 15 is 0 Å². The van der Waals surface area contributed by atoms with Crippen LogP contribution in [0.15, 0.2) is 0 Å². The summed E-state index contributed by atoms with van der Waals surface area (Å²) < 4.78 is 0. The fraction of sp³-hybridized carbons (Fsp3) is 0.933. The van der Waals surface area contributed by atoms with Crippen molar-refractivity contribution in [2.75, 3.05) is 39.5 Å². The van der Waals surface area contributed by atoms with E-state index in [-0.39, 0.29) is 31.8 Å². The standard InChI is InChI=1S/C15H28N2O4/c18-8-2-1-6-17-14-5-7-16(13(10-19)11-20)9-12(14)3-4-15(17)21/h12-14,18-20H,1-11H2/t12-,14+/m0/s1. The van der Waals surface area contributed by atoms with Gasteiger partial charge in [-0.1, -0.05) is 0 Å². The van der Waals surface area contributed by atoms with Crippen molar-refractivity contribution in [3.8, 4) is 0 Å². The zero-order valence-corrected chi connectivity index (χ0v) is 12.7. The molecular weight excluding hydrogens is 272 g/mol. The Morgan fingerprint density at radius 2 is 1.90 bits per heavy atom. The van der Waals surface area contributed by atoms with Gasteiger partial charge < -0.3 is 20.2 Å². The number of unbranched alkanes of at least 4 members (excludes halogenated alkanes) is 1. The summed E-state index contributed by atoms with van der Waals surface area (Å²) in [7, 11) is 0. The quantitative estimate of drug-likeness (QED) is 0.548. The summed E-state index contributed by atoms with van der Waals surface area (Å²) in [5.41, 5.74) is 0. The minimum absolute atomic E-state index is 0.0208. The highest BCUT2D eigenvalue weighted by molar-refractivity contribution is 5.77. The molecule has 2 atom stereocenters. The Bertz CT molecular complexity index is 336. The van der Waals surface area contributed by atoms with Crippen molar-refractivity contribution < 1.29 is 20.1 Å². The van der Waals surface area contributed by atoms with Gasteiger partial charge in [0.05, 0.1) is 19.3 Å². The van der Waals surface area contributed by atoms with Crippen LogP contribution in [0.5, 0.6) is 0 Å². The van der Waals surface area contributed by atoms with Crippen LogP contribution in [0.4, 0.5) is 0 Å². The maximum Gasteiger partial charge on any atom is 0.222 e. The summed E-state index contributed by atoms with van der Waals surface area (Å²) in [5, 5.41) is 27.5. The lowest BCUT2D eigenvalue weighted by Gasteiger charge is -2.48. The van der Waals surface area contributed by atoms with E-state index < -0.39 is 0 Å². The van der Waals surface area contributed by atoms with E-state index in [1.807, 2.05) is 4.90 Å². The van der Waals surface area contributed by atoms with Crippen molar-refractivity contribution in [3.05, 3.63) is 0 Å². The number of aliphatic hydroxyl groups excluding tert-OH is 3. The van der Waals surface area contributed by atoms with Crippen LogP contribution in [-0.2, 0) is 4.79 Å². The number of amides is 1. The van der Waals surface area contributed by atoms with E-state index in [4.69, 9.17) is 5.11 Å². The van der Waals surface area contributed by atoms with Gasteiger partial charge in [-0.2, -0.15) is 0 Å². The topological polar surface area (TPSA) is 84.2 Å². The summed E-state index contributed by atoms with van der Waals surface area (Å²) in [5.74, 6) is 0.676. The van der Waals surface area contributed by atoms with Crippen LogP contribution in [0.25, 0.3) is 0 Å². The van der Waals surface area contributed by atoms with Crippen LogP contribution in [0.1, 0.15) is 32.1 Å². The predicted octanol–water partition coefficient (Wildman–Crippen LogP) is -0.575. The number of carbonyl (C=O) groups is 1. The van der Waals surface area contributed by atoms with Crippen LogP contribution in [0.3, 0.4) is 0 Å². The van der Waals surface area contributed by atoms with Gasteiger partial charge in [-0.15, -0.1) is 0 Å². The molecule has 0 saturated carbocycles. The molecule has 2 aliphatic heterocycles. The van der Waals surface area contributed by atoms with Gasteiger partial charge in [0, 0.05) is 38.7 Å². The van der Waals surface area contributed by atoms with Gasteiger partial charge in [-0.25, -0.2) is 0 Å². The highest BCUT2D eigenvalue weighted by atomic mass is 16.3. The SMILES string of the molecule is O=C1CC[C@H]2CN(C(CO)CO)CC[C@H]2N1CCCCO. The Kier molecular flexibility index (Phi) is 6.41. The van der Waals surface area contributed by atoms with E-state index in [2.05, 4.69) is 4.90 Å². The highest BCUT2D eigenvalue weighted by Crippen LogP contribution is 2.32. The third-order valence-corrected chi connectivity index (χ3v) is 4.92. The first-order valence-electron chi connectivity index (χ1n) is 8.07. The minimum atomic E-state index is -0.175. The molecule has 21 heavy (non-hydrogen) atoms.